The molecule has 1 saturated heterocycles. The molecule has 1 aliphatic heterocycles. The Morgan fingerprint density at radius 3 is 1.90 bits per heavy atom. The Kier molecular flexibility index (Phi) is 3.12. The molecule has 3 nitrogen and oxygen atoms in total. The van der Waals surface area contributed by atoms with E-state index in [4.69, 9.17) is 0 Å². The highest BCUT2D eigenvalue weighted by atomic mass is 19.0. The van der Waals surface area contributed by atoms with E-state index in [1.165, 1.54) is 0 Å². The molecular weight excluding hydrogens is 135 g/mol. The van der Waals surface area contributed by atoms with E-state index in [1.807, 2.05) is 14.1 Å². The molecule has 0 bridgehead atoms. The first-order chi connectivity index (χ1) is 4.22. The maximum atomic E-state index is 11.0. The van der Waals surface area contributed by atoms with Crippen LogP contribution in [-0.4, -0.2) is 43.0 Å². The van der Waals surface area contributed by atoms with Crippen LogP contribution in [0.3, 0.4) is 0 Å². The van der Waals surface area contributed by atoms with E-state index in [-0.39, 0.29) is 10.7 Å². The lowest BCUT2D eigenvalue weighted by Gasteiger charge is -2.30. The van der Waals surface area contributed by atoms with Crippen LogP contribution < -0.4 is 0 Å². The highest BCUT2D eigenvalue weighted by Gasteiger charge is 2.17. The van der Waals surface area contributed by atoms with E-state index in [2.05, 4.69) is 0 Å². The fourth-order valence-electron chi connectivity index (χ4n) is 1.03. The minimum Gasteiger partial charge on any atom is -0.328 e. The second-order valence-electron chi connectivity index (χ2n) is 2.48. The summed E-state index contributed by atoms with van der Waals surface area (Å²) in [6.45, 7) is 1.81. The second kappa shape index (κ2) is 3.39. The number of halogens is 1. The standard InChI is InChI=1S/C6H12N2O.FH/c1-7-4-3-5-8(2)6(7)9;/h3-5H2,1-2H3;1H. The Hall–Kier alpha value is -0.800. The van der Waals surface area contributed by atoms with Crippen LogP contribution in [0.15, 0.2) is 0 Å². The Balaban J connectivity index is 0.000000810. The largest absolute Gasteiger partial charge is 0.328 e. The quantitative estimate of drug-likeness (QED) is 0.491. The zero-order chi connectivity index (χ0) is 6.85. The van der Waals surface area contributed by atoms with E-state index < -0.39 is 0 Å². The van der Waals surface area contributed by atoms with Crippen LogP contribution in [0.4, 0.5) is 9.50 Å². The molecule has 0 spiro atoms. The summed E-state index contributed by atoms with van der Waals surface area (Å²) >= 11 is 0. The summed E-state index contributed by atoms with van der Waals surface area (Å²) in [5, 5.41) is 0. The minimum absolute atomic E-state index is 0. The predicted octanol–water partition coefficient (Wildman–Crippen LogP) is 0.526. The SMILES string of the molecule is CN1CCCN(C)C1=O.F. The minimum atomic E-state index is 0. The second-order valence-corrected chi connectivity index (χ2v) is 2.48. The van der Waals surface area contributed by atoms with Gasteiger partial charge >= 0.3 is 6.03 Å². The number of rotatable bonds is 0. The van der Waals surface area contributed by atoms with Crippen molar-refractivity contribution in [2.75, 3.05) is 27.2 Å². The summed E-state index contributed by atoms with van der Waals surface area (Å²) in [6.07, 6.45) is 1.10. The number of hydrogen-bond donors (Lipinski definition) is 0. The molecule has 0 aromatic rings. The van der Waals surface area contributed by atoms with E-state index >= 15 is 0 Å². The van der Waals surface area contributed by atoms with Gasteiger partial charge in [-0.05, 0) is 6.42 Å². The smallest absolute Gasteiger partial charge is 0.319 e. The molecule has 1 fully saturated rings. The van der Waals surface area contributed by atoms with Gasteiger partial charge in [-0.25, -0.2) is 4.79 Å². The Morgan fingerprint density at radius 2 is 1.60 bits per heavy atom. The number of urea groups is 1. The maximum absolute atomic E-state index is 11.0. The third kappa shape index (κ3) is 1.59. The van der Waals surface area contributed by atoms with Crippen molar-refractivity contribution < 1.29 is 9.50 Å². The summed E-state index contributed by atoms with van der Waals surface area (Å²) < 4.78 is 0. The van der Waals surface area contributed by atoms with Gasteiger partial charge in [0.25, 0.3) is 0 Å². The number of hydrogen-bond acceptors (Lipinski definition) is 1. The summed E-state index contributed by atoms with van der Waals surface area (Å²) in [4.78, 5) is 14.5. The van der Waals surface area contributed by atoms with Crippen molar-refractivity contribution >= 4 is 6.03 Å². The van der Waals surface area contributed by atoms with E-state index in [9.17, 15) is 4.79 Å². The van der Waals surface area contributed by atoms with Gasteiger partial charge in [-0.1, -0.05) is 0 Å². The normalized spacial score (nSPS) is 18.8. The van der Waals surface area contributed by atoms with Gasteiger partial charge in [-0.15, -0.1) is 0 Å². The first-order valence-electron chi connectivity index (χ1n) is 3.18. The van der Waals surface area contributed by atoms with Gasteiger partial charge in [-0.2, -0.15) is 0 Å². The van der Waals surface area contributed by atoms with Crippen LogP contribution in [0, 0.1) is 0 Å². The zero-order valence-electron chi connectivity index (χ0n) is 6.33. The molecule has 0 saturated carbocycles. The molecule has 0 radical (unpaired) electrons. The summed E-state index contributed by atoms with van der Waals surface area (Å²) in [6, 6.07) is 0.140. The number of carbonyl (C=O) groups excluding carboxylic acids is 1. The highest BCUT2D eigenvalue weighted by molar-refractivity contribution is 5.74. The van der Waals surface area contributed by atoms with Crippen molar-refractivity contribution in [3.05, 3.63) is 0 Å². The van der Waals surface area contributed by atoms with Crippen LogP contribution in [0.2, 0.25) is 0 Å². The topological polar surface area (TPSA) is 23.6 Å². The summed E-state index contributed by atoms with van der Waals surface area (Å²) in [7, 11) is 3.66. The van der Waals surface area contributed by atoms with Crippen molar-refractivity contribution in [3.63, 3.8) is 0 Å². The van der Waals surface area contributed by atoms with Crippen molar-refractivity contribution in [2.24, 2.45) is 0 Å². The van der Waals surface area contributed by atoms with Crippen LogP contribution in [0.25, 0.3) is 0 Å². The third-order valence-electron chi connectivity index (χ3n) is 1.64. The average Bonchev–Trinajstić information content (AvgIpc) is 1.83. The van der Waals surface area contributed by atoms with Gasteiger partial charge in [0.15, 0.2) is 0 Å². The monoisotopic (exact) mass is 148 g/mol. The first-order valence-corrected chi connectivity index (χ1v) is 3.18. The lowest BCUT2D eigenvalue weighted by atomic mass is 10.3. The molecule has 0 aromatic heterocycles. The lowest BCUT2D eigenvalue weighted by Crippen LogP contribution is -2.44. The number of amides is 2. The molecule has 60 valence electrons. The summed E-state index contributed by atoms with van der Waals surface area (Å²) in [5.41, 5.74) is 0. The van der Waals surface area contributed by atoms with Crippen molar-refractivity contribution in [1.82, 2.24) is 9.80 Å². The van der Waals surface area contributed by atoms with Gasteiger partial charge in [0.2, 0.25) is 0 Å². The van der Waals surface area contributed by atoms with Crippen LogP contribution in [-0.2, 0) is 0 Å². The van der Waals surface area contributed by atoms with E-state index in [0.29, 0.717) is 0 Å². The van der Waals surface area contributed by atoms with Crippen LogP contribution in [0.5, 0.6) is 0 Å². The van der Waals surface area contributed by atoms with E-state index in [0.717, 1.165) is 19.5 Å². The molecule has 0 atom stereocenters. The summed E-state index contributed by atoms with van der Waals surface area (Å²) in [5.74, 6) is 0. The molecule has 1 heterocycles. The fraction of sp³-hybridized carbons (Fsp3) is 0.833. The Bertz CT molecular complexity index is 117. The predicted molar refractivity (Wildman–Crippen MR) is 37.8 cm³/mol. The molecule has 2 amide bonds. The van der Waals surface area contributed by atoms with Gasteiger partial charge in [0.1, 0.15) is 0 Å². The van der Waals surface area contributed by atoms with Crippen molar-refractivity contribution in [1.29, 1.82) is 0 Å². The van der Waals surface area contributed by atoms with Crippen molar-refractivity contribution in [2.45, 2.75) is 6.42 Å². The Morgan fingerprint density at radius 1 is 1.20 bits per heavy atom. The molecule has 0 aliphatic carbocycles. The number of nitrogens with zero attached hydrogens (tertiary/aromatic N) is 2. The molecule has 0 aromatic carbocycles. The molecular formula is C6H13FN2O. The maximum Gasteiger partial charge on any atom is 0.319 e. The fourth-order valence-corrected chi connectivity index (χ4v) is 1.03. The molecule has 1 rings (SSSR count). The molecule has 0 N–H and O–H groups in total. The molecule has 4 heteroatoms. The van der Waals surface area contributed by atoms with Gasteiger partial charge in [-0.3, -0.25) is 4.70 Å². The molecule has 1 aliphatic rings. The Labute approximate surface area is 60.0 Å². The van der Waals surface area contributed by atoms with E-state index in [1.54, 1.807) is 9.80 Å². The van der Waals surface area contributed by atoms with Crippen LogP contribution >= 0.6 is 0 Å². The van der Waals surface area contributed by atoms with Crippen molar-refractivity contribution in [3.8, 4) is 0 Å². The van der Waals surface area contributed by atoms with Gasteiger partial charge < -0.3 is 9.80 Å². The van der Waals surface area contributed by atoms with Gasteiger partial charge in [0, 0.05) is 27.2 Å². The zero-order valence-corrected chi connectivity index (χ0v) is 6.33. The van der Waals surface area contributed by atoms with Gasteiger partial charge in [0.05, 0.1) is 0 Å². The molecule has 0 unspecified atom stereocenters. The molecule has 10 heavy (non-hydrogen) atoms. The first kappa shape index (κ1) is 9.20. The highest BCUT2D eigenvalue weighted by Crippen LogP contribution is 2.02. The van der Waals surface area contributed by atoms with Crippen LogP contribution in [0.1, 0.15) is 6.42 Å². The third-order valence-corrected chi connectivity index (χ3v) is 1.64. The lowest BCUT2D eigenvalue weighted by molar-refractivity contribution is 0.153. The number of carbonyl (C=O) groups is 1. The average molecular weight is 148 g/mol.